The number of imidazole rings is 1. The molecule has 8 heteroatoms. The number of hydrogen-bond acceptors (Lipinski definition) is 6. The fourth-order valence-corrected chi connectivity index (χ4v) is 2.09. The van der Waals surface area contributed by atoms with Crippen molar-refractivity contribution in [3.8, 4) is 0 Å². The maximum atomic E-state index is 11.4. The highest BCUT2D eigenvalue weighted by atomic mass is 16.4. The van der Waals surface area contributed by atoms with Crippen molar-refractivity contribution in [1.82, 2.24) is 20.3 Å². The van der Waals surface area contributed by atoms with Crippen LogP contribution in [0.2, 0.25) is 0 Å². The lowest BCUT2D eigenvalue weighted by molar-refractivity contribution is -0.139. The third-order valence-corrected chi connectivity index (χ3v) is 3.33. The fourth-order valence-electron chi connectivity index (χ4n) is 2.09. The van der Waals surface area contributed by atoms with Gasteiger partial charge in [-0.3, -0.25) is 14.9 Å². The van der Waals surface area contributed by atoms with Crippen LogP contribution in [0, 0.1) is 0 Å². The van der Waals surface area contributed by atoms with E-state index in [4.69, 9.17) is 0 Å². The first-order valence-corrected chi connectivity index (χ1v) is 7.06. The van der Waals surface area contributed by atoms with Gasteiger partial charge in [0.2, 0.25) is 0 Å². The second kappa shape index (κ2) is 7.50. The Bertz CT molecular complexity index is 670. The normalized spacial score (nSPS) is 11.9. The zero-order valence-corrected chi connectivity index (χ0v) is 13.0. The van der Waals surface area contributed by atoms with Crippen LogP contribution < -0.4 is 10.2 Å². The van der Waals surface area contributed by atoms with Crippen LogP contribution in [-0.4, -0.2) is 52.5 Å². The zero-order chi connectivity index (χ0) is 16.8. The Hall–Kier alpha value is -2.74. The summed E-state index contributed by atoms with van der Waals surface area (Å²) in [5, 5.41) is 12.3. The lowest BCUT2D eigenvalue weighted by atomic mass is 10.1. The number of nitrogens with zero attached hydrogens (tertiary/aromatic N) is 3. The number of carboxylic acids is 1. The molecule has 0 fully saturated rings. The van der Waals surface area contributed by atoms with E-state index in [1.807, 2.05) is 25.1 Å². The van der Waals surface area contributed by atoms with Crippen molar-refractivity contribution in [1.29, 1.82) is 0 Å². The Morgan fingerprint density at radius 2 is 2.26 bits per heavy atom. The van der Waals surface area contributed by atoms with Crippen molar-refractivity contribution in [3.63, 3.8) is 0 Å². The van der Waals surface area contributed by atoms with E-state index in [-0.39, 0.29) is 13.0 Å². The van der Waals surface area contributed by atoms with Gasteiger partial charge in [0, 0.05) is 44.6 Å². The van der Waals surface area contributed by atoms with Crippen LogP contribution in [0.1, 0.15) is 21.9 Å². The quantitative estimate of drug-likeness (QED) is 0.607. The molecule has 0 spiro atoms. The predicted octanol–water partition coefficient (Wildman–Crippen LogP) is 0.469. The summed E-state index contributed by atoms with van der Waals surface area (Å²) in [4.78, 5) is 35.2. The van der Waals surface area contributed by atoms with Gasteiger partial charge in [-0.15, -0.1) is 0 Å². The smallest absolute Gasteiger partial charge is 0.321 e. The summed E-state index contributed by atoms with van der Waals surface area (Å²) in [6, 6.07) is 2.71. The van der Waals surface area contributed by atoms with E-state index >= 15 is 0 Å². The lowest BCUT2D eigenvalue weighted by Crippen LogP contribution is -2.38. The summed E-state index contributed by atoms with van der Waals surface area (Å²) in [5.41, 5.74) is 2.48. The summed E-state index contributed by atoms with van der Waals surface area (Å²) in [6.07, 6.45) is 4.05. The molecule has 0 bridgehead atoms. The van der Waals surface area contributed by atoms with Gasteiger partial charge in [-0.2, -0.15) is 0 Å². The van der Waals surface area contributed by atoms with Crippen LogP contribution >= 0.6 is 0 Å². The van der Waals surface area contributed by atoms with Crippen LogP contribution in [0.3, 0.4) is 0 Å². The van der Waals surface area contributed by atoms with Crippen LogP contribution in [0.5, 0.6) is 0 Å². The highest BCUT2D eigenvalue weighted by Gasteiger charge is 2.18. The van der Waals surface area contributed by atoms with Gasteiger partial charge in [0.15, 0.2) is 6.29 Å². The van der Waals surface area contributed by atoms with E-state index in [1.165, 1.54) is 6.33 Å². The van der Waals surface area contributed by atoms with Gasteiger partial charge in [0.05, 0.1) is 12.0 Å². The highest BCUT2D eigenvalue weighted by Crippen LogP contribution is 2.14. The third kappa shape index (κ3) is 4.62. The summed E-state index contributed by atoms with van der Waals surface area (Å²) in [5.74, 6) is -0.959. The van der Waals surface area contributed by atoms with Gasteiger partial charge < -0.3 is 15.0 Å². The highest BCUT2D eigenvalue weighted by molar-refractivity contribution is 5.75. The van der Waals surface area contributed by atoms with Gasteiger partial charge in [0.25, 0.3) is 0 Å². The number of anilines is 1. The molecule has 3 N–H and O–H groups in total. The van der Waals surface area contributed by atoms with E-state index in [1.54, 1.807) is 12.3 Å². The maximum Gasteiger partial charge on any atom is 0.321 e. The maximum absolute atomic E-state index is 11.4. The Kier molecular flexibility index (Phi) is 5.42. The number of carboxylic acid groups (broad SMARTS) is 1. The first-order valence-electron chi connectivity index (χ1n) is 7.06. The molecule has 122 valence electrons. The van der Waals surface area contributed by atoms with Crippen molar-refractivity contribution in [2.45, 2.75) is 19.0 Å². The number of aliphatic carboxylic acids is 1. The molecule has 0 saturated heterocycles. The first-order chi connectivity index (χ1) is 11.0. The van der Waals surface area contributed by atoms with Crippen molar-refractivity contribution >= 4 is 17.9 Å². The molecular formula is C15H19N5O3. The molecule has 2 aromatic heterocycles. The minimum atomic E-state index is -0.959. The number of hydrogen-bond donors (Lipinski definition) is 3. The van der Waals surface area contributed by atoms with Crippen LogP contribution in [0.4, 0.5) is 5.69 Å². The number of carbonyl (C=O) groups excluding carboxylic acids is 1. The summed E-state index contributed by atoms with van der Waals surface area (Å²) in [7, 11) is 3.72. The minimum Gasteiger partial charge on any atom is -0.480 e. The largest absolute Gasteiger partial charge is 0.480 e. The predicted molar refractivity (Wildman–Crippen MR) is 84.5 cm³/mol. The number of pyridine rings is 1. The molecule has 2 heterocycles. The standard InChI is InChI=1S/C15H19N5O3/c1-20(2)13-3-11(19-12(4-13)8-21)7-17-14(15(22)23)5-10-6-16-9-18-10/h3-4,6,8-9,14,17H,5,7H2,1-2H3,(H,16,18)(H,22,23)/t14-/m0/s1. The molecule has 0 aliphatic rings. The number of rotatable bonds is 8. The van der Waals surface area contributed by atoms with Gasteiger partial charge >= 0.3 is 5.97 Å². The van der Waals surface area contributed by atoms with E-state index in [2.05, 4.69) is 20.3 Å². The second-order valence-electron chi connectivity index (χ2n) is 5.31. The summed E-state index contributed by atoms with van der Waals surface area (Å²) >= 11 is 0. The number of nitrogens with one attached hydrogen (secondary N) is 2. The molecule has 0 aliphatic carbocycles. The molecule has 8 nitrogen and oxygen atoms in total. The molecule has 0 aliphatic heterocycles. The van der Waals surface area contributed by atoms with Gasteiger partial charge in [0.1, 0.15) is 11.7 Å². The molecule has 0 unspecified atom stereocenters. The molecule has 0 amide bonds. The van der Waals surface area contributed by atoms with E-state index in [0.29, 0.717) is 17.7 Å². The SMILES string of the molecule is CN(C)c1cc(C=O)nc(CN[C@@H](Cc2cnc[nH]2)C(=O)O)c1. The molecule has 0 saturated carbocycles. The molecular weight excluding hydrogens is 298 g/mol. The zero-order valence-electron chi connectivity index (χ0n) is 13.0. The second-order valence-corrected chi connectivity index (χ2v) is 5.31. The Morgan fingerprint density at radius 1 is 1.48 bits per heavy atom. The number of H-pyrrole nitrogens is 1. The third-order valence-electron chi connectivity index (χ3n) is 3.33. The van der Waals surface area contributed by atoms with Crippen molar-refractivity contribution < 1.29 is 14.7 Å². The summed E-state index contributed by atoms with van der Waals surface area (Å²) in [6.45, 7) is 0.244. The minimum absolute atomic E-state index is 0.244. The number of aromatic amines is 1. The molecule has 2 rings (SSSR count). The molecule has 1 atom stereocenters. The van der Waals surface area contributed by atoms with Crippen LogP contribution in [0.15, 0.2) is 24.7 Å². The first kappa shape index (κ1) is 16.6. The Labute approximate surface area is 133 Å². The topological polar surface area (TPSA) is 111 Å². The average Bonchev–Trinajstić information content (AvgIpc) is 3.03. The number of aromatic nitrogens is 3. The fraction of sp³-hybridized carbons (Fsp3) is 0.333. The molecule has 23 heavy (non-hydrogen) atoms. The molecule has 0 aromatic carbocycles. The molecule has 2 aromatic rings. The number of aldehydes is 1. The van der Waals surface area contributed by atoms with Gasteiger partial charge in [-0.25, -0.2) is 9.97 Å². The van der Waals surface area contributed by atoms with E-state index < -0.39 is 12.0 Å². The Morgan fingerprint density at radius 3 is 2.83 bits per heavy atom. The monoisotopic (exact) mass is 317 g/mol. The average molecular weight is 317 g/mol. The Balaban J connectivity index is 2.09. The number of carbonyl (C=O) groups is 2. The van der Waals surface area contributed by atoms with Crippen molar-refractivity contribution in [2.24, 2.45) is 0 Å². The van der Waals surface area contributed by atoms with E-state index in [0.717, 1.165) is 11.4 Å². The summed E-state index contributed by atoms with van der Waals surface area (Å²) < 4.78 is 0. The molecule has 0 radical (unpaired) electrons. The van der Waals surface area contributed by atoms with Gasteiger partial charge in [-0.1, -0.05) is 0 Å². The van der Waals surface area contributed by atoms with Crippen molar-refractivity contribution in [3.05, 3.63) is 41.7 Å². The van der Waals surface area contributed by atoms with Crippen molar-refractivity contribution in [2.75, 3.05) is 19.0 Å². The van der Waals surface area contributed by atoms with Gasteiger partial charge in [-0.05, 0) is 12.1 Å². The lowest BCUT2D eigenvalue weighted by Gasteiger charge is -2.16. The van der Waals surface area contributed by atoms with Crippen LogP contribution in [0.25, 0.3) is 0 Å². The van der Waals surface area contributed by atoms with E-state index in [9.17, 15) is 14.7 Å². The van der Waals surface area contributed by atoms with Crippen LogP contribution in [-0.2, 0) is 17.8 Å².